The first kappa shape index (κ1) is 11.7. The summed E-state index contributed by atoms with van der Waals surface area (Å²) in [5.41, 5.74) is -1.45. The number of carbonyl (C=O) groups excluding carboxylic acids is 1. The zero-order chi connectivity index (χ0) is 10.7. The number of amides is 1. The van der Waals surface area contributed by atoms with E-state index in [0.717, 1.165) is 0 Å². The van der Waals surface area contributed by atoms with E-state index < -0.39 is 5.41 Å². The van der Waals surface area contributed by atoms with Gasteiger partial charge >= 0.3 is 0 Å². The van der Waals surface area contributed by atoms with Crippen molar-refractivity contribution in [1.29, 1.82) is 5.26 Å². The van der Waals surface area contributed by atoms with Crippen LogP contribution in [0.5, 0.6) is 0 Å². The molecule has 72 valence electrons. The predicted octanol–water partition coefficient (Wildman–Crippen LogP) is 1.62. The van der Waals surface area contributed by atoms with Gasteiger partial charge in [-0.15, -0.1) is 6.58 Å². The van der Waals surface area contributed by atoms with Crippen molar-refractivity contribution in [2.24, 2.45) is 5.41 Å². The van der Waals surface area contributed by atoms with Gasteiger partial charge in [0.05, 0.1) is 6.07 Å². The van der Waals surface area contributed by atoms with Crippen LogP contribution in [0, 0.1) is 16.7 Å². The Kier molecular flexibility index (Phi) is 3.25. The minimum atomic E-state index is -1.13. The third-order valence-electron chi connectivity index (χ3n) is 1.60. The lowest BCUT2D eigenvalue weighted by Gasteiger charge is -2.25. The first-order valence-electron chi connectivity index (χ1n) is 4.12. The molecule has 1 N–H and O–H groups in total. The summed E-state index contributed by atoms with van der Waals surface area (Å²) >= 11 is 0. The maximum atomic E-state index is 11.5. The Hall–Kier alpha value is -1.30. The van der Waals surface area contributed by atoms with E-state index in [2.05, 4.69) is 11.9 Å². The van der Waals surface area contributed by atoms with Crippen LogP contribution in [0.2, 0.25) is 0 Å². The van der Waals surface area contributed by atoms with Crippen molar-refractivity contribution >= 4 is 5.91 Å². The van der Waals surface area contributed by atoms with Crippen LogP contribution in [0.1, 0.15) is 27.7 Å². The first-order chi connectivity index (χ1) is 5.75. The van der Waals surface area contributed by atoms with Crippen molar-refractivity contribution in [1.82, 2.24) is 5.32 Å². The number of nitrogens with zero attached hydrogens (tertiary/aromatic N) is 1. The first-order valence-corrected chi connectivity index (χ1v) is 4.12. The Morgan fingerprint density at radius 3 is 2.15 bits per heavy atom. The fraction of sp³-hybridized carbons (Fsp3) is 0.600. The molecule has 0 bridgehead atoms. The van der Waals surface area contributed by atoms with Gasteiger partial charge in [-0.05, 0) is 27.7 Å². The molecule has 0 rings (SSSR count). The summed E-state index contributed by atoms with van der Waals surface area (Å²) in [7, 11) is 0. The molecule has 0 spiro atoms. The Morgan fingerprint density at radius 1 is 1.46 bits per heavy atom. The lowest BCUT2D eigenvalue weighted by atomic mass is 9.90. The monoisotopic (exact) mass is 180 g/mol. The van der Waals surface area contributed by atoms with Crippen LogP contribution < -0.4 is 5.32 Å². The maximum Gasteiger partial charge on any atom is 0.244 e. The number of hydrogen-bond donors (Lipinski definition) is 1. The van der Waals surface area contributed by atoms with Crippen LogP contribution in [0.4, 0.5) is 0 Å². The smallest absolute Gasteiger partial charge is 0.244 e. The summed E-state index contributed by atoms with van der Waals surface area (Å²) in [4.78, 5) is 11.5. The molecule has 0 aromatic carbocycles. The van der Waals surface area contributed by atoms with E-state index in [0.29, 0.717) is 0 Å². The maximum absolute atomic E-state index is 11.5. The van der Waals surface area contributed by atoms with Gasteiger partial charge in [0, 0.05) is 5.54 Å². The van der Waals surface area contributed by atoms with Gasteiger partial charge in [-0.25, -0.2) is 0 Å². The second-order valence-corrected chi connectivity index (χ2v) is 4.22. The molecule has 0 aliphatic carbocycles. The molecular weight excluding hydrogens is 164 g/mol. The Morgan fingerprint density at radius 2 is 1.92 bits per heavy atom. The lowest BCUT2D eigenvalue weighted by Crippen LogP contribution is -2.46. The number of nitrogens with one attached hydrogen (secondary N) is 1. The highest BCUT2D eigenvalue weighted by Crippen LogP contribution is 2.17. The summed E-state index contributed by atoms with van der Waals surface area (Å²) in [5.74, 6) is -0.308. The Labute approximate surface area is 79.4 Å². The minimum absolute atomic E-state index is 0.308. The molecule has 3 heteroatoms. The Bertz CT molecular complexity index is 257. The van der Waals surface area contributed by atoms with Crippen molar-refractivity contribution in [2.45, 2.75) is 33.2 Å². The fourth-order valence-corrected chi connectivity index (χ4v) is 0.660. The molecule has 0 aliphatic rings. The molecule has 1 amide bonds. The second kappa shape index (κ2) is 3.61. The highest BCUT2D eigenvalue weighted by Gasteiger charge is 2.31. The van der Waals surface area contributed by atoms with Crippen molar-refractivity contribution < 1.29 is 4.79 Å². The van der Waals surface area contributed by atoms with E-state index in [-0.39, 0.29) is 11.4 Å². The van der Waals surface area contributed by atoms with E-state index in [9.17, 15) is 4.79 Å². The van der Waals surface area contributed by atoms with Gasteiger partial charge in [0.25, 0.3) is 0 Å². The molecular formula is C10H16N2O. The van der Waals surface area contributed by atoms with E-state index in [1.54, 1.807) is 6.92 Å². The van der Waals surface area contributed by atoms with Crippen LogP contribution in [0.3, 0.4) is 0 Å². The Balaban J connectivity index is 4.63. The van der Waals surface area contributed by atoms with Gasteiger partial charge in [-0.2, -0.15) is 5.26 Å². The molecule has 0 aliphatic heterocycles. The summed E-state index contributed by atoms with van der Waals surface area (Å²) in [6, 6.07) is 1.92. The molecule has 0 aromatic rings. The largest absolute Gasteiger partial charge is 0.350 e. The van der Waals surface area contributed by atoms with Crippen molar-refractivity contribution in [2.75, 3.05) is 0 Å². The second-order valence-electron chi connectivity index (χ2n) is 4.22. The van der Waals surface area contributed by atoms with Gasteiger partial charge in [0.15, 0.2) is 5.41 Å². The summed E-state index contributed by atoms with van der Waals surface area (Å²) in [6.45, 7) is 10.6. The minimum Gasteiger partial charge on any atom is -0.350 e. The highest BCUT2D eigenvalue weighted by molar-refractivity contribution is 5.87. The number of rotatable bonds is 2. The molecule has 13 heavy (non-hydrogen) atoms. The molecule has 0 heterocycles. The quantitative estimate of drug-likeness (QED) is 0.656. The van der Waals surface area contributed by atoms with Gasteiger partial charge < -0.3 is 5.32 Å². The molecule has 0 saturated heterocycles. The highest BCUT2D eigenvalue weighted by atomic mass is 16.2. The third-order valence-corrected chi connectivity index (χ3v) is 1.60. The number of nitriles is 1. The molecule has 1 atom stereocenters. The predicted molar refractivity (Wildman–Crippen MR) is 51.8 cm³/mol. The standard InChI is InChI=1S/C10H16N2O/c1-6-10(5,7-11)8(13)12-9(2,3)4/h6H,1H2,2-5H3,(H,12,13). The van der Waals surface area contributed by atoms with Crippen LogP contribution in [0.15, 0.2) is 12.7 Å². The number of hydrogen-bond acceptors (Lipinski definition) is 2. The molecule has 0 fully saturated rings. The fourth-order valence-electron chi connectivity index (χ4n) is 0.660. The van der Waals surface area contributed by atoms with E-state index >= 15 is 0 Å². The molecule has 3 nitrogen and oxygen atoms in total. The van der Waals surface area contributed by atoms with E-state index in [1.165, 1.54) is 6.08 Å². The van der Waals surface area contributed by atoms with Crippen LogP contribution in [-0.2, 0) is 4.79 Å². The molecule has 0 radical (unpaired) electrons. The van der Waals surface area contributed by atoms with Crippen LogP contribution >= 0.6 is 0 Å². The average molecular weight is 180 g/mol. The van der Waals surface area contributed by atoms with Crippen molar-refractivity contribution in [3.8, 4) is 6.07 Å². The van der Waals surface area contributed by atoms with Crippen LogP contribution in [-0.4, -0.2) is 11.4 Å². The topological polar surface area (TPSA) is 52.9 Å². The van der Waals surface area contributed by atoms with Gasteiger partial charge in [-0.3, -0.25) is 4.79 Å². The van der Waals surface area contributed by atoms with E-state index in [4.69, 9.17) is 5.26 Å². The SMILES string of the molecule is C=CC(C)(C#N)C(=O)NC(C)(C)C. The van der Waals surface area contributed by atoms with Crippen LogP contribution in [0.25, 0.3) is 0 Å². The van der Waals surface area contributed by atoms with Gasteiger partial charge in [0.1, 0.15) is 0 Å². The third kappa shape index (κ3) is 3.29. The summed E-state index contributed by atoms with van der Waals surface area (Å²) in [6.07, 6.45) is 1.36. The summed E-state index contributed by atoms with van der Waals surface area (Å²) < 4.78 is 0. The zero-order valence-corrected chi connectivity index (χ0v) is 8.64. The zero-order valence-electron chi connectivity index (χ0n) is 8.64. The molecule has 0 saturated carbocycles. The molecule has 1 unspecified atom stereocenters. The number of carbonyl (C=O) groups is 1. The summed E-state index contributed by atoms with van der Waals surface area (Å²) in [5, 5.41) is 11.5. The normalized spacial score (nSPS) is 15.3. The molecule has 0 aromatic heterocycles. The van der Waals surface area contributed by atoms with Crippen molar-refractivity contribution in [3.05, 3.63) is 12.7 Å². The van der Waals surface area contributed by atoms with Crippen molar-refractivity contribution in [3.63, 3.8) is 0 Å². The van der Waals surface area contributed by atoms with E-state index in [1.807, 2.05) is 26.8 Å². The average Bonchev–Trinajstić information content (AvgIpc) is 2.00. The van der Waals surface area contributed by atoms with Gasteiger partial charge in [0.2, 0.25) is 5.91 Å². The van der Waals surface area contributed by atoms with Gasteiger partial charge in [-0.1, -0.05) is 6.08 Å². The lowest BCUT2D eigenvalue weighted by molar-refractivity contribution is -0.127.